The lowest BCUT2D eigenvalue weighted by molar-refractivity contribution is -0.314. The smallest absolute Gasteiger partial charge is 0.311 e. The van der Waals surface area contributed by atoms with Crippen LogP contribution in [0.4, 0.5) is 0 Å². The molecule has 15 heteroatoms. The number of Topliss-reactive ketones (excluding diaryl/α,β-unsaturated/α-hetero) is 1. The molecular weight excluding hydrogens is 738 g/mol. The molecule has 0 aromatic rings. The van der Waals surface area contributed by atoms with Gasteiger partial charge in [0.1, 0.15) is 23.6 Å². The Bertz CT molecular complexity index is 1360. The molecule has 3 heterocycles. The molecule has 0 spiro atoms. The van der Waals surface area contributed by atoms with Crippen LogP contribution in [0.1, 0.15) is 81.6 Å². The third-order valence-corrected chi connectivity index (χ3v) is 14.0. The molecule has 0 aromatic carbocycles. The van der Waals surface area contributed by atoms with E-state index in [4.69, 9.17) is 33.2 Å². The van der Waals surface area contributed by atoms with Gasteiger partial charge >= 0.3 is 5.97 Å². The van der Waals surface area contributed by atoms with Crippen molar-refractivity contribution in [3.63, 3.8) is 0 Å². The Kier molecular flexibility index (Phi) is 15.9. The highest BCUT2D eigenvalue weighted by molar-refractivity contribution is 5.84. The van der Waals surface area contributed by atoms with Crippen molar-refractivity contribution in [3.8, 4) is 0 Å². The second kappa shape index (κ2) is 18.7. The predicted octanol–water partition coefficient (Wildman–Crippen LogP) is 2.16. The first kappa shape index (κ1) is 48.3. The number of esters is 1. The van der Waals surface area contributed by atoms with Crippen molar-refractivity contribution >= 4 is 11.8 Å². The summed E-state index contributed by atoms with van der Waals surface area (Å²) in [5, 5.41) is 34.1. The molecule has 1 unspecified atom stereocenters. The summed E-state index contributed by atoms with van der Waals surface area (Å²) in [5.74, 6) is -4.69. The maximum atomic E-state index is 14.3. The Morgan fingerprint density at radius 1 is 0.807 bits per heavy atom. The van der Waals surface area contributed by atoms with E-state index in [2.05, 4.69) is 35.8 Å². The van der Waals surface area contributed by atoms with Crippen molar-refractivity contribution in [1.82, 2.24) is 14.7 Å². The molecule has 3 saturated heterocycles. The van der Waals surface area contributed by atoms with Crippen LogP contribution in [0.2, 0.25) is 0 Å². The zero-order valence-corrected chi connectivity index (χ0v) is 37.6. The monoisotopic (exact) mass is 816 g/mol. The number of carbonyl (C=O) groups is 2. The number of ether oxygens (including phenoxy) is 7. The van der Waals surface area contributed by atoms with Crippen molar-refractivity contribution in [2.45, 2.75) is 166 Å². The molecule has 57 heavy (non-hydrogen) atoms. The van der Waals surface area contributed by atoms with Crippen LogP contribution in [0.5, 0.6) is 0 Å². The van der Waals surface area contributed by atoms with Crippen LogP contribution < -0.4 is 0 Å². The Hall–Kier alpha value is -1.34. The molecule has 0 bridgehead atoms. The van der Waals surface area contributed by atoms with Crippen LogP contribution in [-0.2, 0) is 42.7 Å². The summed E-state index contributed by atoms with van der Waals surface area (Å²) in [4.78, 5) is 35.0. The molecule has 15 nitrogen and oxygen atoms in total. The van der Waals surface area contributed by atoms with Crippen LogP contribution in [0, 0.1) is 29.6 Å². The van der Waals surface area contributed by atoms with Gasteiger partial charge in [0.15, 0.2) is 12.6 Å². The number of carbonyl (C=O) groups excluding carboxylic acids is 2. The summed E-state index contributed by atoms with van der Waals surface area (Å²) in [7, 11) is 13.4. The van der Waals surface area contributed by atoms with Gasteiger partial charge in [0.2, 0.25) is 0 Å². The van der Waals surface area contributed by atoms with E-state index in [1.807, 2.05) is 34.9 Å². The summed E-state index contributed by atoms with van der Waals surface area (Å²) in [5.41, 5.74) is -3.97. The van der Waals surface area contributed by atoms with Crippen LogP contribution in [0.25, 0.3) is 0 Å². The highest BCUT2D eigenvalue weighted by atomic mass is 16.7. The van der Waals surface area contributed by atoms with Gasteiger partial charge in [-0.1, -0.05) is 27.7 Å². The number of ketones is 1. The number of aliphatic hydroxyl groups is 3. The normalized spacial score (nSPS) is 47.8. The molecule has 332 valence electrons. The van der Waals surface area contributed by atoms with E-state index in [9.17, 15) is 24.9 Å². The van der Waals surface area contributed by atoms with E-state index >= 15 is 0 Å². The van der Waals surface area contributed by atoms with Gasteiger partial charge in [-0.15, -0.1) is 0 Å². The number of rotatable bonds is 11. The lowest BCUT2D eigenvalue weighted by atomic mass is 9.75. The van der Waals surface area contributed by atoms with Gasteiger partial charge in [-0.05, 0) is 82.7 Å². The predicted molar refractivity (Wildman–Crippen MR) is 213 cm³/mol. The minimum atomic E-state index is -1.79. The molecule has 3 N–H and O–H groups in total. The van der Waals surface area contributed by atoms with Crippen LogP contribution in [0.15, 0.2) is 0 Å². The van der Waals surface area contributed by atoms with Crippen LogP contribution >= 0.6 is 0 Å². The number of hydrogen-bond acceptors (Lipinski definition) is 15. The van der Waals surface area contributed by atoms with Gasteiger partial charge in [-0.3, -0.25) is 9.59 Å². The molecule has 1 saturated carbocycles. The van der Waals surface area contributed by atoms with Crippen molar-refractivity contribution in [1.29, 1.82) is 0 Å². The minimum Gasteiger partial charge on any atom is -0.458 e. The first-order valence-electron chi connectivity index (χ1n) is 20.9. The summed E-state index contributed by atoms with van der Waals surface area (Å²) in [6.07, 6.45) is -6.56. The van der Waals surface area contributed by atoms with E-state index in [1.54, 1.807) is 48.7 Å². The maximum absolute atomic E-state index is 14.3. The zero-order valence-electron chi connectivity index (χ0n) is 37.6. The standard InChI is InChI=1S/C42H77N3O12/c1-22-20-41(9,52-16)36(57-39-31(44(12)13)29(19-23(2)53-39)45(14)18-17-43(10)11)25(4)33(55-30-21-40(8,51-15)35(48)28(7)54-30)26(5)38(49)56-37-27(6)42(37,50)34(47)24(3)32(22)46/h22-31,33-37,39,47-48,50H,17-21H2,1-16H3/t22-,23-,24+,25+,26-,27?,28+,29-,30+,31+,33+,34-,35+,36-,37-,39+,40-,41+,42+/m1/s1. The molecule has 3 aliphatic heterocycles. The molecule has 4 aliphatic rings. The fourth-order valence-corrected chi connectivity index (χ4v) is 9.86. The average Bonchev–Trinajstić information content (AvgIpc) is 3.68. The molecule has 19 atom stereocenters. The van der Waals surface area contributed by atoms with Crippen molar-refractivity contribution < 1.29 is 58.1 Å². The number of likely N-dealkylation sites (N-methyl/N-ethyl adjacent to an activating group) is 3. The lowest BCUT2D eigenvalue weighted by Gasteiger charge is -2.51. The van der Waals surface area contributed by atoms with E-state index in [-0.39, 0.29) is 36.8 Å². The Labute approximate surface area is 341 Å². The molecule has 4 rings (SSSR count). The SMILES string of the molecule is CO[C@]1(C)C[C@H](O[C@H]2[C@H](C)[C@@H](O[C@@H]3O[C@H](C)C[C@@H](N(C)CCN(C)C)[C@@H]3N(C)C)[C@@](C)(OC)C[C@@H](C)C(=O)[C@H](C)[C@@H](O)[C@@]3(O)C(C)[C@H]3OC(=O)[C@@H]2C)O[C@@H](C)[C@@H]1O. The fraction of sp³-hybridized carbons (Fsp3) is 0.952. The highest BCUT2D eigenvalue weighted by Gasteiger charge is 2.70. The summed E-state index contributed by atoms with van der Waals surface area (Å²) >= 11 is 0. The Morgan fingerprint density at radius 3 is 1.98 bits per heavy atom. The fourth-order valence-electron chi connectivity index (χ4n) is 9.86. The highest BCUT2D eigenvalue weighted by Crippen LogP contribution is 2.51. The van der Waals surface area contributed by atoms with Gasteiger partial charge in [-0.25, -0.2) is 0 Å². The molecule has 1 aliphatic carbocycles. The molecule has 4 fully saturated rings. The minimum absolute atomic E-state index is 0.0645. The van der Waals surface area contributed by atoms with Crippen molar-refractivity contribution in [3.05, 3.63) is 0 Å². The van der Waals surface area contributed by atoms with Gasteiger partial charge in [0, 0.05) is 63.4 Å². The second-order valence-corrected chi connectivity index (χ2v) is 18.9. The van der Waals surface area contributed by atoms with E-state index in [0.29, 0.717) is 0 Å². The van der Waals surface area contributed by atoms with Gasteiger partial charge < -0.3 is 63.2 Å². The maximum Gasteiger partial charge on any atom is 0.311 e. The van der Waals surface area contributed by atoms with Crippen LogP contribution in [0.3, 0.4) is 0 Å². The summed E-state index contributed by atoms with van der Waals surface area (Å²) in [6.45, 7) is 17.9. The van der Waals surface area contributed by atoms with E-state index < -0.39 is 102 Å². The average molecular weight is 816 g/mol. The van der Waals surface area contributed by atoms with Crippen molar-refractivity contribution in [2.24, 2.45) is 29.6 Å². The number of aliphatic hydroxyl groups excluding tert-OH is 2. The number of hydrogen-bond donors (Lipinski definition) is 3. The van der Waals surface area contributed by atoms with Gasteiger partial charge in [0.25, 0.3) is 0 Å². The molecule has 0 amide bonds. The van der Waals surface area contributed by atoms with E-state index in [1.165, 1.54) is 7.11 Å². The van der Waals surface area contributed by atoms with Crippen molar-refractivity contribution in [2.75, 3.05) is 62.5 Å². The summed E-state index contributed by atoms with van der Waals surface area (Å²) < 4.78 is 45.3. The summed E-state index contributed by atoms with van der Waals surface area (Å²) in [6, 6.07) is -0.152. The topological polar surface area (TPSA) is 169 Å². The Balaban J connectivity index is 1.85. The number of methoxy groups -OCH3 is 2. The Morgan fingerprint density at radius 2 is 1.42 bits per heavy atom. The number of nitrogens with zero attached hydrogens (tertiary/aromatic N) is 3. The quantitative estimate of drug-likeness (QED) is 0.260. The van der Waals surface area contributed by atoms with Crippen LogP contribution in [-0.4, -0.2) is 189 Å². The van der Waals surface area contributed by atoms with E-state index in [0.717, 1.165) is 19.5 Å². The second-order valence-electron chi connectivity index (χ2n) is 18.9. The number of fused-ring (bicyclic) bond motifs is 1. The largest absolute Gasteiger partial charge is 0.458 e. The van der Waals surface area contributed by atoms with Gasteiger partial charge in [0.05, 0.1) is 53.7 Å². The third kappa shape index (κ3) is 9.91. The lowest BCUT2D eigenvalue weighted by Crippen LogP contribution is -2.64. The molecular formula is C42H77N3O12. The first-order chi connectivity index (χ1) is 26.4. The molecule has 0 aromatic heterocycles. The molecule has 0 radical (unpaired) electrons. The first-order valence-corrected chi connectivity index (χ1v) is 20.9. The zero-order chi connectivity index (χ0) is 43.1. The third-order valence-electron chi connectivity index (χ3n) is 14.0. The van der Waals surface area contributed by atoms with Gasteiger partial charge in [-0.2, -0.15) is 0 Å².